The van der Waals surface area contributed by atoms with Crippen LogP contribution in [0.4, 0.5) is 0 Å². The number of benzene rings is 1. The highest BCUT2D eigenvalue weighted by Gasteiger charge is 2.23. The van der Waals surface area contributed by atoms with Crippen LogP contribution in [0.2, 0.25) is 0 Å². The van der Waals surface area contributed by atoms with Gasteiger partial charge in [-0.1, -0.05) is 18.6 Å². The first kappa shape index (κ1) is 19.2. The van der Waals surface area contributed by atoms with E-state index in [1.807, 2.05) is 30.5 Å². The summed E-state index contributed by atoms with van der Waals surface area (Å²) >= 11 is 0. The Morgan fingerprint density at radius 3 is 2.84 bits per heavy atom. The van der Waals surface area contributed by atoms with E-state index in [-0.39, 0.29) is 25.0 Å². The van der Waals surface area contributed by atoms with Gasteiger partial charge in [-0.05, 0) is 41.8 Å². The Balaban J connectivity index is 1.36. The van der Waals surface area contributed by atoms with Gasteiger partial charge in [-0.2, -0.15) is 9.36 Å². The Kier molecular flexibility index (Phi) is 4.61. The second-order valence-electron chi connectivity index (χ2n) is 7.71. The number of hydrogen-bond acceptors (Lipinski definition) is 7. The molecule has 0 spiro atoms. The van der Waals surface area contributed by atoms with Crippen LogP contribution < -0.4 is 19.9 Å². The SMILES string of the molecule is CC1=C(COc2ccn(-c3ccc4c(c3)OCO4)n2)C(n2nnn(C)c2=O)=CC(C)C1. The van der Waals surface area contributed by atoms with E-state index in [9.17, 15) is 4.79 Å². The van der Waals surface area contributed by atoms with E-state index >= 15 is 0 Å². The summed E-state index contributed by atoms with van der Waals surface area (Å²) in [6, 6.07) is 7.42. The van der Waals surface area contributed by atoms with Crippen LogP contribution in [0.5, 0.6) is 17.4 Å². The molecule has 0 fully saturated rings. The van der Waals surface area contributed by atoms with Gasteiger partial charge in [0.1, 0.15) is 6.61 Å². The highest BCUT2D eigenvalue weighted by atomic mass is 16.7. The molecule has 1 atom stereocenters. The normalized spacial score (nSPS) is 17.8. The third kappa shape index (κ3) is 3.49. The average Bonchev–Trinajstić information content (AvgIpc) is 3.47. The minimum absolute atomic E-state index is 0.226. The number of aryl methyl sites for hydroxylation is 1. The summed E-state index contributed by atoms with van der Waals surface area (Å²) in [5.41, 5.74) is 3.33. The summed E-state index contributed by atoms with van der Waals surface area (Å²) < 4.78 is 21.0. The van der Waals surface area contributed by atoms with Crippen molar-refractivity contribution in [2.24, 2.45) is 13.0 Å². The Morgan fingerprint density at radius 2 is 2.03 bits per heavy atom. The number of hydrogen-bond donors (Lipinski definition) is 0. The topological polar surface area (TPSA) is 98.2 Å². The predicted octanol–water partition coefficient (Wildman–Crippen LogP) is 2.17. The minimum Gasteiger partial charge on any atom is -0.472 e. The van der Waals surface area contributed by atoms with Crippen molar-refractivity contribution in [1.82, 2.24) is 29.6 Å². The van der Waals surface area contributed by atoms with Crippen molar-refractivity contribution in [3.05, 3.63) is 58.2 Å². The lowest BCUT2D eigenvalue weighted by molar-refractivity contribution is 0.174. The fraction of sp³-hybridized carbons (Fsp3) is 0.333. The molecule has 1 aliphatic carbocycles. The van der Waals surface area contributed by atoms with Crippen LogP contribution in [0.3, 0.4) is 0 Å². The zero-order valence-electron chi connectivity index (χ0n) is 17.5. The van der Waals surface area contributed by atoms with Crippen LogP contribution in [0.25, 0.3) is 11.4 Å². The molecule has 10 nitrogen and oxygen atoms in total. The van der Waals surface area contributed by atoms with E-state index < -0.39 is 0 Å². The third-order valence-corrected chi connectivity index (χ3v) is 5.39. The van der Waals surface area contributed by atoms with E-state index in [1.54, 1.807) is 17.8 Å². The van der Waals surface area contributed by atoms with Gasteiger partial charge in [0.05, 0.1) is 11.4 Å². The lowest BCUT2D eigenvalue weighted by Gasteiger charge is -2.22. The number of nitrogens with zero attached hydrogens (tertiary/aromatic N) is 6. The molecule has 3 aromatic rings. The molecule has 0 saturated heterocycles. The zero-order valence-corrected chi connectivity index (χ0v) is 17.5. The summed E-state index contributed by atoms with van der Waals surface area (Å²) in [6.45, 7) is 4.65. The van der Waals surface area contributed by atoms with Crippen molar-refractivity contribution in [2.45, 2.75) is 20.3 Å². The molecule has 1 aromatic carbocycles. The van der Waals surface area contributed by atoms with Crippen LogP contribution in [-0.4, -0.2) is 43.0 Å². The molecule has 10 heteroatoms. The maximum Gasteiger partial charge on any atom is 0.368 e. The Bertz CT molecular complexity index is 1260. The quantitative estimate of drug-likeness (QED) is 0.621. The van der Waals surface area contributed by atoms with Gasteiger partial charge in [0.25, 0.3) is 0 Å². The summed E-state index contributed by atoms with van der Waals surface area (Å²) in [5, 5.41) is 12.3. The maximum atomic E-state index is 12.4. The van der Waals surface area contributed by atoms with E-state index in [0.717, 1.165) is 29.0 Å². The molecule has 0 saturated carbocycles. The van der Waals surface area contributed by atoms with Gasteiger partial charge in [0, 0.05) is 31.0 Å². The third-order valence-electron chi connectivity index (χ3n) is 5.39. The second-order valence-corrected chi connectivity index (χ2v) is 7.71. The molecular weight excluding hydrogens is 400 g/mol. The monoisotopic (exact) mass is 422 g/mol. The van der Waals surface area contributed by atoms with Gasteiger partial charge in [0.2, 0.25) is 12.7 Å². The van der Waals surface area contributed by atoms with Crippen LogP contribution in [0.1, 0.15) is 20.3 Å². The lowest BCUT2D eigenvalue weighted by atomic mass is 9.89. The van der Waals surface area contributed by atoms with E-state index in [0.29, 0.717) is 17.3 Å². The Hall–Kier alpha value is -3.82. The number of rotatable bonds is 5. The molecule has 3 heterocycles. The largest absolute Gasteiger partial charge is 0.472 e. The minimum atomic E-state index is -0.294. The van der Waals surface area contributed by atoms with Crippen molar-refractivity contribution in [3.8, 4) is 23.1 Å². The number of allylic oxidation sites excluding steroid dienone is 2. The lowest BCUT2D eigenvalue weighted by Crippen LogP contribution is -2.26. The van der Waals surface area contributed by atoms with Crippen molar-refractivity contribution in [2.75, 3.05) is 13.4 Å². The second kappa shape index (κ2) is 7.46. The standard InChI is InChI=1S/C21H22N6O4/c1-13-8-14(2)16(17(9-13)27-21(28)25(3)23-24-27)11-29-20-6-7-26(22-20)15-4-5-18-19(10-15)31-12-30-18/h4-7,9-10,13H,8,11-12H2,1-3H3. The fourth-order valence-electron chi connectivity index (χ4n) is 3.82. The summed E-state index contributed by atoms with van der Waals surface area (Å²) in [6.07, 6.45) is 4.75. The molecule has 1 unspecified atom stereocenters. The van der Waals surface area contributed by atoms with Crippen LogP contribution in [0.15, 0.2) is 52.5 Å². The van der Waals surface area contributed by atoms with Crippen molar-refractivity contribution in [1.29, 1.82) is 0 Å². The highest BCUT2D eigenvalue weighted by molar-refractivity contribution is 5.67. The highest BCUT2D eigenvalue weighted by Crippen LogP contribution is 2.34. The first-order chi connectivity index (χ1) is 15.0. The number of fused-ring (bicyclic) bond motifs is 1. The number of tetrazole rings is 1. The van der Waals surface area contributed by atoms with E-state index in [2.05, 4.69) is 29.4 Å². The number of aromatic nitrogens is 6. The molecule has 31 heavy (non-hydrogen) atoms. The predicted molar refractivity (Wildman–Crippen MR) is 111 cm³/mol. The zero-order chi connectivity index (χ0) is 21.5. The summed E-state index contributed by atoms with van der Waals surface area (Å²) in [4.78, 5) is 12.4. The molecule has 2 aromatic heterocycles. The Morgan fingerprint density at radius 1 is 1.19 bits per heavy atom. The van der Waals surface area contributed by atoms with Gasteiger partial charge >= 0.3 is 5.69 Å². The van der Waals surface area contributed by atoms with Crippen molar-refractivity contribution in [3.63, 3.8) is 0 Å². The molecule has 0 radical (unpaired) electrons. The van der Waals surface area contributed by atoms with Gasteiger partial charge in [-0.25, -0.2) is 9.48 Å². The Labute approximate surface area is 177 Å². The van der Waals surface area contributed by atoms with Gasteiger partial charge < -0.3 is 14.2 Å². The van der Waals surface area contributed by atoms with Gasteiger partial charge in [-0.15, -0.1) is 5.10 Å². The summed E-state index contributed by atoms with van der Waals surface area (Å²) in [5.74, 6) is 2.18. The van der Waals surface area contributed by atoms with Crippen molar-refractivity contribution < 1.29 is 14.2 Å². The molecular formula is C21H22N6O4. The van der Waals surface area contributed by atoms with Crippen molar-refractivity contribution >= 4 is 5.70 Å². The molecule has 0 N–H and O–H groups in total. The molecule has 160 valence electrons. The van der Waals surface area contributed by atoms with Gasteiger partial charge in [0.15, 0.2) is 11.5 Å². The van der Waals surface area contributed by atoms with E-state index in [4.69, 9.17) is 14.2 Å². The average molecular weight is 422 g/mol. The summed E-state index contributed by atoms with van der Waals surface area (Å²) in [7, 11) is 1.58. The maximum absolute atomic E-state index is 12.4. The van der Waals surface area contributed by atoms with E-state index in [1.165, 1.54) is 9.36 Å². The smallest absolute Gasteiger partial charge is 0.368 e. The molecule has 0 amide bonds. The van der Waals surface area contributed by atoms with Crippen LogP contribution in [-0.2, 0) is 7.05 Å². The van der Waals surface area contributed by atoms with Gasteiger partial charge in [-0.3, -0.25) is 0 Å². The molecule has 2 aliphatic rings. The number of ether oxygens (including phenoxy) is 3. The molecule has 1 aliphatic heterocycles. The first-order valence-corrected chi connectivity index (χ1v) is 9.98. The van der Waals surface area contributed by atoms with Crippen LogP contribution in [0, 0.1) is 5.92 Å². The fourth-order valence-corrected chi connectivity index (χ4v) is 3.82. The van der Waals surface area contributed by atoms with Crippen LogP contribution >= 0.6 is 0 Å². The first-order valence-electron chi connectivity index (χ1n) is 9.98. The molecule has 5 rings (SSSR count). The molecule has 0 bridgehead atoms.